The molecule has 5 aromatic carbocycles. The summed E-state index contributed by atoms with van der Waals surface area (Å²) in [6.45, 7) is 11.2. The fourth-order valence-electron chi connectivity index (χ4n) is 6.03. The molecule has 4 heteroatoms. The average molecular weight is 600 g/mol. The maximum Gasteiger partial charge on any atom is 0.156 e. The summed E-state index contributed by atoms with van der Waals surface area (Å²) < 4.78 is 0. The monoisotopic (exact) mass is 599 g/mol. The van der Waals surface area contributed by atoms with Crippen LogP contribution < -0.4 is 0 Å². The van der Waals surface area contributed by atoms with Gasteiger partial charge in [-0.25, -0.2) is 0 Å². The smallest absolute Gasteiger partial charge is 0.156 e. The van der Waals surface area contributed by atoms with Crippen LogP contribution in [0.1, 0.15) is 35.1 Å². The Labute approximate surface area is 267 Å². The van der Waals surface area contributed by atoms with Gasteiger partial charge in [0.25, 0.3) is 0 Å². The van der Waals surface area contributed by atoms with Gasteiger partial charge in [-0.05, 0) is 99.5 Å². The van der Waals surface area contributed by atoms with E-state index in [4.69, 9.17) is 9.97 Å². The Kier molecular flexibility index (Phi) is 9.47. The van der Waals surface area contributed by atoms with Crippen molar-refractivity contribution in [3.63, 3.8) is 0 Å². The first-order chi connectivity index (χ1) is 20.4. The molecule has 0 bridgehead atoms. The standard InChI is InChI=1S/C34H27N2.C5H11N.V/c1-21-13-16-27(24(4)19-21)34-35-32(30-17-14-22(2)25-9-5-7-11-28(25)30)20-33(36-34)31-18-15-23(3)26-10-6-8-12-29(26)31;1-6-4-2-3-5-6;/h5-19H,1-4H3;2-5H2,1H3;/q-1;;. The van der Waals surface area contributed by atoms with Crippen molar-refractivity contribution in [3.05, 3.63) is 119 Å². The van der Waals surface area contributed by atoms with Crippen molar-refractivity contribution in [2.75, 3.05) is 20.1 Å². The molecular formula is C39H38N3V-. The first kappa shape index (κ1) is 30.7. The molecule has 0 spiro atoms. The van der Waals surface area contributed by atoms with Crippen molar-refractivity contribution in [3.8, 4) is 33.9 Å². The fraction of sp³-hybridized carbons (Fsp3) is 0.231. The van der Waals surface area contributed by atoms with Crippen LogP contribution in [0.3, 0.4) is 0 Å². The summed E-state index contributed by atoms with van der Waals surface area (Å²) in [5.74, 6) is 0.727. The van der Waals surface area contributed by atoms with Gasteiger partial charge in [0.05, 0.1) is 0 Å². The summed E-state index contributed by atoms with van der Waals surface area (Å²) >= 11 is 0. The molecule has 1 radical (unpaired) electrons. The average Bonchev–Trinajstić information content (AvgIpc) is 3.49. The van der Waals surface area contributed by atoms with Gasteiger partial charge >= 0.3 is 0 Å². The van der Waals surface area contributed by atoms with Crippen molar-refractivity contribution in [1.82, 2.24) is 14.9 Å². The summed E-state index contributed by atoms with van der Waals surface area (Å²) in [6, 6.07) is 35.8. The minimum Gasteiger partial charge on any atom is -0.306 e. The van der Waals surface area contributed by atoms with Crippen LogP contribution in [0.4, 0.5) is 0 Å². The van der Waals surface area contributed by atoms with Crippen LogP contribution in [0.5, 0.6) is 0 Å². The zero-order chi connectivity index (χ0) is 29.2. The van der Waals surface area contributed by atoms with Crippen LogP contribution in [0.2, 0.25) is 0 Å². The molecule has 215 valence electrons. The second-order valence-corrected chi connectivity index (χ2v) is 11.6. The molecule has 3 nitrogen and oxygen atoms in total. The molecule has 0 amide bonds. The van der Waals surface area contributed by atoms with Gasteiger partial charge in [0, 0.05) is 24.1 Å². The zero-order valence-corrected chi connectivity index (χ0v) is 27.2. The van der Waals surface area contributed by atoms with Gasteiger partial charge in [-0.3, -0.25) is 9.97 Å². The van der Waals surface area contributed by atoms with Crippen LogP contribution in [0.25, 0.3) is 55.4 Å². The Morgan fingerprint density at radius 2 is 1.02 bits per heavy atom. The molecule has 1 aromatic heterocycles. The van der Waals surface area contributed by atoms with Crippen LogP contribution in [0, 0.1) is 33.8 Å². The Morgan fingerprint density at radius 1 is 0.558 bits per heavy atom. The van der Waals surface area contributed by atoms with E-state index >= 15 is 0 Å². The molecule has 1 fully saturated rings. The van der Waals surface area contributed by atoms with Gasteiger partial charge in [0.2, 0.25) is 0 Å². The molecule has 0 N–H and O–H groups in total. The van der Waals surface area contributed by atoms with E-state index in [-0.39, 0.29) is 18.6 Å². The molecule has 1 aliphatic rings. The van der Waals surface area contributed by atoms with E-state index < -0.39 is 0 Å². The Bertz CT molecular complexity index is 1800. The van der Waals surface area contributed by atoms with Crippen molar-refractivity contribution >= 4 is 21.5 Å². The summed E-state index contributed by atoms with van der Waals surface area (Å²) in [7, 11) is 2.17. The maximum atomic E-state index is 5.10. The predicted octanol–water partition coefficient (Wildman–Crippen LogP) is 9.53. The fourth-order valence-corrected chi connectivity index (χ4v) is 6.03. The largest absolute Gasteiger partial charge is 0.306 e. The van der Waals surface area contributed by atoms with Crippen molar-refractivity contribution < 1.29 is 18.6 Å². The van der Waals surface area contributed by atoms with Gasteiger partial charge in [0.15, 0.2) is 5.82 Å². The summed E-state index contributed by atoms with van der Waals surface area (Å²) in [5.41, 5.74) is 9.72. The SMILES string of the molecule is CN1CCCC1.Cc1ccc(-c2nc(-c3ccc(C)c4ccccc34)[c-]c(-c3ccc(C)c4ccccc34)n2)c(C)c1.[V]. The normalized spacial score (nSPS) is 13.0. The molecule has 43 heavy (non-hydrogen) atoms. The van der Waals surface area contributed by atoms with Crippen LogP contribution in [0.15, 0.2) is 91.0 Å². The number of aromatic nitrogens is 2. The van der Waals surface area contributed by atoms with Gasteiger partial charge in [-0.2, -0.15) is 0 Å². The van der Waals surface area contributed by atoms with Crippen LogP contribution in [-0.2, 0) is 18.6 Å². The van der Waals surface area contributed by atoms with Crippen molar-refractivity contribution in [2.24, 2.45) is 0 Å². The maximum absolute atomic E-state index is 5.10. The van der Waals surface area contributed by atoms with E-state index in [0.29, 0.717) is 0 Å². The van der Waals surface area contributed by atoms with E-state index in [2.05, 4.69) is 137 Å². The van der Waals surface area contributed by atoms with Crippen molar-refractivity contribution in [1.29, 1.82) is 0 Å². The molecule has 7 rings (SSSR count). The third kappa shape index (κ3) is 6.45. The van der Waals surface area contributed by atoms with E-state index in [1.165, 1.54) is 69.7 Å². The number of aryl methyl sites for hydroxylation is 4. The van der Waals surface area contributed by atoms with E-state index in [1.807, 2.05) is 0 Å². The Balaban J connectivity index is 0.000000472. The topological polar surface area (TPSA) is 29.0 Å². The number of rotatable bonds is 3. The molecule has 0 saturated carbocycles. The third-order valence-corrected chi connectivity index (χ3v) is 8.42. The zero-order valence-electron chi connectivity index (χ0n) is 25.8. The van der Waals surface area contributed by atoms with Gasteiger partial charge < -0.3 is 4.90 Å². The Hall–Kier alpha value is -3.76. The first-order valence-electron chi connectivity index (χ1n) is 14.9. The summed E-state index contributed by atoms with van der Waals surface area (Å²) in [4.78, 5) is 12.6. The van der Waals surface area contributed by atoms with Crippen LogP contribution >= 0.6 is 0 Å². The van der Waals surface area contributed by atoms with E-state index in [9.17, 15) is 0 Å². The van der Waals surface area contributed by atoms with Gasteiger partial charge in [-0.1, -0.05) is 106 Å². The summed E-state index contributed by atoms with van der Waals surface area (Å²) in [6.07, 6.45) is 2.83. The molecule has 0 aliphatic carbocycles. The third-order valence-electron chi connectivity index (χ3n) is 8.42. The molecule has 0 atom stereocenters. The number of hydrogen-bond acceptors (Lipinski definition) is 3. The number of fused-ring (bicyclic) bond motifs is 2. The van der Waals surface area contributed by atoms with Crippen LogP contribution in [-0.4, -0.2) is 35.0 Å². The minimum atomic E-state index is 0. The second-order valence-electron chi connectivity index (χ2n) is 11.6. The van der Waals surface area contributed by atoms with Crippen molar-refractivity contribution in [2.45, 2.75) is 40.5 Å². The molecule has 1 saturated heterocycles. The molecular weight excluding hydrogens is 561 g/mol. The molecule has 6 aromatic rings. The number of hydrogen-bond donors (Lipinski definition) is 0. The molecule has 1 aliphatic heterocycles. The second kappa shape index (κ2) is 13.3. The number of nitrogens with zero attached hydrogens (tertiary/aromatic N) is 3. The van der Waals surface area contributed by atoms with E-state index in [1.54, 1.807) is 0 Å². The number of benzene rings is 5. The first-order valence-corrected chi connectivity index (χ1v) is 14.9. The number of likely N-dealkylation sites (tertiary alicyclic amines) is 1. The molecule has 2 heterocycles. The van der Waals surface area contributed by atoms with E-state index in [0.717, 1.165) is 33.9 Å². The summed E-state index contributed by atoms with van der Waals surface area (Å²) in [5, 5.41) is 4.83. The van der Waals surface area contributed by atoms with Gasteiger partial charge in [-0.15, -0.1) is 18.2 Å². The Morgan fingerprint density at radius 3 is 1.47 bits per heavy atom. The van der Waals surface area contributed by atoms with Gasteiger partial charge in [0.1, 0.15) is 0 Å². The predicted molar refractivity (Wildman–Crippen MR) is 178 cm³/mol. The quantitative estimate of drug-likeness (QED) is 0.190. The molecule has 0 unspecified atom stereocenters. The minimum absolute atomic E-state index is 0.